The number of hydrogen-bond acceptors (Lipinski definition) is 7. The Morgan fingerprint density at radius 3 is 2.86 bits per heavy atom. The molecular weight excluding hydrogens is 340 g/mol. The minimum Gasteiger partial charge on any atom is -0.302 e. The van der Waals surface area contributed by atoms with Gasteiger partial charge in [-0.2, -0.15) is 4.31 Å². The smallest absolute Gasteiger partial charge is 0.254 e. The zero-order chi connectivity index (χ0) is 15.7. The van der Waals surface area contributed by atoms with Crippen molar-refractivity contribution >= 4 is 42.4 Å². The molecule has 118 valence electrons. The lowest BCUT2D eigenvalue weighted by Crippen LogP contribution is -2.34. The highest BCUT2D eigenvalue weighted by Gasteiger charge is 2.30. The van der Waals surface area contributed by atoms with E-state index in [9.17, 15) is 21.6 Å². The fraction of sp³-hybridized carbons (Fsp3) is 0.556. The van der Waals surface area contributed by atoms with E-state index in [0.29, 0.717) is 0 Å². The number of rotatable bonds is 3. The minimum absolute atomic E-state index is 0.0267. The second-order valence-corrected chi connectivity index (χ2v) is 9.40. The Bertz CT molecular complexity index is 739. The molecule has 2 heterocycles. The highest BCUT2D eigenvalue weighted by atomic mass is 32.2. The average molecular weight is 354 g/mol. The van der Waals surface area contributed by atoms with Gasteiger partial charge in [0.15, 0.2) is 9.34 Å². The number of thiazole rings is 1. The van der Waals surface area contributed by atoms with Gasteiger partial charge in [-0.1, -0.05) is 11.3 Å². The van der Waals surface area contributed by atoms with Crippen molar-refractivity contribution in [2.45, 2.75) is 11.1 Å². The van der Waals surface area contributed by atoms with E-state index in [0.717, 1.165) is 21.8 Å². The number of carbonyl (C=O) groups is 1. The quantitative estimate of drug-likeness (QED) is 0.719. The van der Waals surface area contributed by atoms with Gasteiger partial charge in [0.25, 0.3) is 10.0 Å². The van der Waals surface area contributed by atoms with Crippen molar-refractivity contribution in [3.63, 3.8) is 0 Å². The summed E-state index contributed by atoms with van der Waals surface area (Å²) in [6.45, 7) is 1.25. The van der Waals surface area contributed by atoms with E-state index in [-0.39, 0.29) is 40.6 Å². The topological polar surface area (TPSA) is 126 Å². The van der Waals surface area contributed by atoms with Crippen molar-refractivity contribution in [2.24, 2.45) is 0 Å². The maximum absolute atomic E-state index is 12.4. The molecule has 1 aliphatic heterocycles. The van der Waals surface area contributed by atoms with Gasteiger partial charge in [0, 0.05) is 26.6 Å². The molecule has 1 aromatic rings. The van der Waals surface area contributed by atoms with Crippen LogP contribution in [0.2, 0.25) is 0 Å². The summed E-state index contributed by atoms with van der Waals surface area (Å²) >= 11 is 0.826. The largest absolute Gasteiger partial charge is 0.302 e. The maximum atomic E-state index is 12.4. The molecule has 1 saturated heterocycles. The Morgan fingerprint density at radius 2 is 2.19 bits per heavy atom. The van der Waals surface area contributed by atoms with E-state index in [2.05, 4.69) is 15.0 Å². The van der Waals surface area contributed by atoms with Crippen molar-refractivity contribution in [3.8, 4) is 0 Å². The molecule has 2 N–H and O–H groups in total. The molecule has 0 spiro atoms. The zero-order valence-electron chi connectivity index (χ0n) is 11.1. The number of carbonyl (C=O) groups excluding carboxylic acids is 1. The summed E-state index contributed by atoms with van der Waals surface area (Å²) in [7, 11) is -7.25. The molecule has 0 unspecified atom stereocenters. The SMILES string of the molecule is CC(=O)Nc1ncc(S(=O)(=O)N2CCNS(=O)(=O)CC2)s1. The van der Waals surface area contributed by atoms with Crippen LogP contribution in [0.1, 0.15) is 6.92 Å². The van der Waals surface area contributed by atoms with E-state index in [1.807, 2.05) is 0 Å². The number of aromatic nitrogens is 1. The maximum Gasteiger partial charge on any atom is 0.254 e. The standard InChI is InChI=1S/C9H14N4O5S3/c1-7(14)12-9-10-6-8(19-9)21(17,18)13-3-2-11-20(15,16)5-4-13/h6,11H,2-5H2,1H3,(H,10,12,14). The van der Waals surface area contributed by atoms with Crippen molar-refractivity contribution in [3.05, 3.63) is 6.20 Å². The van der Waals surface area contributed by atoms with E-state index in [1.54, 1.807) is 0 Å². The lowest BCUT2D eigenvalue weighted by Gasteiger charge is -2.17. The molecule has 2 rings (SSSR count). The van der Waals surface area contributed by atoms with Gasteiger partial charge < -0.3 is 5.32 Å². The Morgan fingerprint density at radius 1 is 1.48 bits per heavy atom. The number of hydrogen-bond donors (Lipinski definition) is 2. The Labute approximate surface area is 126 Å². The highest BCUT2D eigenvalue weighted by molar-refractivity contribution is 7.91. The van der Waals surface area contributed by atoms with Crippen molar-refractivity contribution < 1.29 is 21.6 Å². The molecule has 0 aromatic carbocycles. The summed E-state index contributed by atoms with van der Waals surface area (Å²) in [6.07, 6.45) is 1.15. The van der Waals surface area contributed by atoms with Crippen LogP contribution in [-0.4, -0.2) is 57.4 Å². The third-order valence-corrected chi connectivity index (χ3v) is 7.27. The van der Waals surface area contributed by atoms with Crippen molar-refractivity contribution in [1.29, 1.82) is 0 Å². The first-order valence-corrected chi connectivity index (χ1v) is 9.82. The number of nitrogens with one attached hydrogen (secondary N) is 2. The van der Waals surface area contributed by atoms with Gasteiger partial charge in [-0.05, 0) is 0 Å². The molecule has 1 aromatic heterocycles. The summed E-state index contributed by atoms with van der Waals surface area (Å²) in [5, 5.41) is 2.58. The van der Waals surface area contributed by atoms with Crippen LogP contribution in [0, 0.1) is 0 Å². The third kappa shape index (κ3) is 3.97. The van der Waals surface area contributed by atoms with Crippen LogP contribution in [0.5, 0.6) is 0 Å². The molecule has 1 fully saturated rings. The van der Waals surface area contributed by atoms with E-state index in [4.69, 9.17) is 0 Å². The molecule has 0 atom stereocenters. The predicted molar refractivity (Wildman–Crippen MR) is 77.0 cm³/mol. The van der Waals surface area contributed by atoms with Crippen LogP contribution in [0.25, 0.3) is 0 Å². The van der Waals surface area contributed by atoms with Crippen molar-refractivity contribution in [2.75, 3.05) is 30.7 Å². The van der Waals surface area contributed by atoms with Crippen LogP contribution in [0.3, 0.4) is 0 Å². The summed E-state index contributed by atoms with van der Waals surface area (Å²) in [5.41, 5.74) is 0. The third-order valence-electron chi connectivity index (χ3n) is 2.65. The normalized spacial score (nSPS) is 19.9. The van der Waals surface area contributed by atoms with E-state index in [1.165, 1.54) is 6.92 Å². The minimum atomic E-state index is -3.82. The second-order valence-electron chi connectivity index (χ2n) is 4.28. The second kappa shape index (κ2) is 5.96. The number of amides is 1. The van der Waals surface area contributed by atoms with Gasteiger partial charge >= 0.3 is 0 Å². The first-order chi connectivity index (χ1) is 9.71. The highest BCUT2D eigenvalue weighted by Crippen LogP contribution is 2.26. The summed E-state index contributed by atoms with van der Waals surface area (Å²) in [5.74, 6) is -0.637. The van der Waals surface area contributed by atoms with Crippen molar-refractivity contribution in [1.82, 2.24) is 14.0 Å². The first kappa shape index (κ1) is 16.3. The van der Waals surface area contributed by atoms with Crippen LogP contribution in [-0.2, 0) is 24.8 Å². The lowest BCUT2D eigenvalue weighted by molar-refractivity contribution is -0.114. The lowest BCUT2D eigenvalue weighted by atomic mass is 10.6. The predicted octanol–water partition coefficient (Wildman–Crippen LogP) is -0.975. The summed E-state index contributed by atoms with van der Waals surface area (Å²) in [6, 6.07) is 0. The van der Waals surface area contributed by atoms with Gasteiger partial charge in [0.05, 0.1) is 11.9 Å². The number of nitrogens with zero attached hydrogens (tertiary/aromatic N) is 2. The number of anilines is 1. The first-order valence-electron chi connectivity index (χ1n) is 5.92. The Balaban J connectivity index is 2.21. The molecule has 21 heavy (non-hydrogen) atoms. The zero-order valence-corrected chi connectivity index (χ0v) is 13.5. The van der Waals surface area contributed by atoms with Gasteiger partial charge in [0.2, 0.25) is 15.9 Å². The molecule has 12 heteroatoms. The van der Waals surface area contributed by atoms with Gasteiger partial charge in [-0.15, -0.1) is 0 Å². The number of sulfonamides is 2. The van der Waals surface area contributed by atoms with Crippen LogP contribution >= 0.6 is 11.3 Å². The molecular formula is C9H14N4O5S3. The Kier molecular flexibility index (Phi) is 4.63. The van der Waals surface area contributed by atoms with E-state index < -0.39 is 20.0 Å². The molecule has 1 aliphatic rings. The van der Waals surface area contributed by atoms with Crippen LogP contribution in [0.15, 0.2) is 10.4 Å². The van der Waals surface area contributed by atoms with Crippen LogP contribution in [0.4, 0.5) is 5.13 Å². The fourth-order valence-corrected chi connectivity index (χ4v) is 5.48. The monoisotopic (exact) mass is 354 g/mol. The Hall–Kier alpha value is -1.08. The summed E-state index contributed by atoms with van der Waals surface area (Å²) < 4.78 is 51.0. The van der Waals surface area contributed by atoms with Gasteiger partial charge in [0.1, 0.15) is 0 Å². The average Bonchev–Trinajstić information content (AvgIpc) is 2.73. The molecule has 9 nitrogen and oxygen atoms in total. The van der Waals surface area contributed by atoms with Gasteiger partial charge in [-0.3, -0.25) is 4.79 Å². The van der Waals surface area contributed by atoms with Crippen LogP contribution < -0.4 is 10.0 Å². The summed E-state index contributed by atoms with van der Waals surface area (Å²) in [4.78, 5) is 14.7. The molecule has 1 amide bonds. The fourth-order valence-electron chi connectivity index (χ4n) is 1.69. The van der Waals surface area contributed by atoms with E-state index >= 15 is 0 Å². The molecule has 0 saturated carbocycles. The molecule has 0 radical (unpaired) electrons. The van der Waals surface area contributed by atoms with Gasteiger partial charge in [-0.25, -0.2) is 26.5 Å². The molecule has 0 bridgehead atoms. The molecule has 0 aliphatic carbocycles.